The number of ether oxygens (including phenoxy) is 4. The van der Waals surface area contributed by atoms with Crippen molar-refractivity contribution in [2.45, 2.75) is 484 Å². The number of carbonyl (C=O) groups excluding carboxylic acids is 4. The third kappa shape index (κ3) is 80.5. The van der Waals surface area contributed by atoms with Crippen LogP contribution < -0.4 is 0 Å². The SMILES string of the molecule is CCCCCCCCCCCCCCC(=O)OC[C@H](COP(=O)(O)OC[C@H](O)COP(=O)(O)OC[C@@H](COC(=O)CCCCCCCCCCCCCCCCC(C)C)OC(=O)CCCCCCCCCCCCCCCCCCCCC(C)CC)OC(=O)CCCCCCCCCCCCCCCC(C)C. The Labute approximate surface area is 658 Å². The first-order chi connectivity index (χ1) is 51.8. The standard InChI is InChI=1S/C88H172O17P2/c1-8-10-11-12-13-14-15-34-41-48-55-62-69-85(90)98-75-83(105-88(93)72-65-58-51-44-37-30-24-26-32-39-46-53-60-67-80(5)6)77-102-106(94,95)100-73-82(89)74-101-107(96,97)103-78-84(76-99-86(91)70-63-56-49-42-35-28-23-22-25-31-38-45-52-59-66-79(3)4)104-87(92)71-64-57-50-43-36-29-21-19-17-16-18-20-27-33-40-47-54-61-68-81(7)9-2/h79-84,89H,8-78H2,1-7H3,(H,94,95)(H,96,97)/t81?,82-,83+,84+/m0/s1. The molecule has 0 aliphatic rings. The van der Waals surface area contributed by atoms with Gasteiger partial charge in [0.05, 0.1) is 26.4 Å². The zero-order valence-corrected chi connectivity index (χ0v) is 72.4. The first-order valence-electron chi connectivity index (χ1n) is 45.4. The smallest absolute Gasteiger partial charge is 0.462 e. The van der Waals surface area contributed by atoms with Gasteiger partial charge in [0, 0.05) is 25.7 Å². The molecule has 0 aliphatic carbocycles. The molecule has 3 unspecified atom stereocenters. The molecule has 19 heteroatoms. The van der Waals surface area contributed by atoms with Crippen LogP contribution in [-0.4, -0.2) is 96.7 Å². The summed E-state index contributed by atoms with van der Waals surface area (Å²) in [5, 5.41) is 10.7. The molecule has 0 saturated carbocycles. The largest absolute Gasteiger partial charge is 0.472 e. The van der Waals surface area contributed by atoms with Crippen molar-refractivity contribution in [1.82, 2.24) is 0 Å². The molecule has 0 bridgehead atoms. The summed E-state index contributed by atoms with van der Waals surface area (Å²) >= 11 is 0. The normalized spacial score (nSPS) is 14.1. The fourth-order valence-corrected chi connectivity index (χ4v) is 15.3. The van der Waals surface area contributed by atoms with E-state index in [1.54, 1.807) is 0 Å². The van der Waals surface area contributed by atoms with E-state index < -0.39 is 97.5 Å². The minimum atomic E-state index is -4.97. The van der Waals surface area contributed by atoms with Crippen LogP contribution in [0.4, 0.5) is 0 Å². The lowest BCUT2D eigenvalue weighted by atomic mass is 9.99. The molecule has 0 saturated heterocycles. The number of hydrogen-bond acceptors (Lipinski definition) is 15. The maximum absolute atomic E-state index is 13.2. The van der Waals surface area contributed by atoms with Gasteiger partial charge in [-0.3, -0.25) is 37.3 Å². The lowest BCUT2D eigenvalue weighted by molar-refractivity contribution is -0.161. The van der Waals surface area contributed by atoms with Crippen molar-refractivity contribution in [3.05, 3.63) is 0 Å². The van der Waals surface area contributed by atoms with E-state index in [4.69, 9.17) is 37.0 Å². The Morgan fingerprint density at radius 1 is 0.271 bits per heavy atom. The molecule has 0 spiro atoms. The van der Waals surface area contributed by atoms with Gasteiger partial charge in [-0.2, -0.15) is 0 Å². The molecule has 0 aromatic carbocycles. The van der Waals surface area contributed by atoms with Crippen molar-refractivity contribution in [3.8, 4) is 0 Å². The van der Waals surface area contributed by atoms with Crippen molar-refractivity contribution in [2.24, 2.45) is 17.8 Å². The van der Waals surface area contributed by atoms with Crippen LogP contribution in [0.3, 0.4) is 0 Å². The number of hydrogen-bond donors (Lipinski definition) is 3. The predicted molar refractivity (Wildman–Crippen MR) is 441 cm³/mol. The van der Waals surface area contributed by atoms with Gasteiger partial charge in [0.1, 0.15) is 19.3 Å². The summed E-state index contributed by atoms with van der Waals surface area (Å²) in [6.45, 7) is 12.1. The minimum Gasteiger partial charge on any atom is -0.462 e. The van der Waals surface area contributed by atoms with Crippen molar-refractivity contribution in [2.75, 3.05) is 39.6 Å². The summed E-state index contributed by atoms with van der Waals surface area (Å²) in [4.78, 5) is 73.3. The second kappa shape index (κ2) is 78.0. The highest BCUT2D eigenvalue weighted by molar-refractivity contribution is 7.47. The molecule has 0 amide bonds. The molecule has 636 valence electrons. The molecule has 0 aromatic rings. The molecule has 0 heterocycles. The Morgan fingerprint density at radius 3 is 0.710 bits per heavy atom. The summed E-state index contributed by atoms with van der Waals surface area (Å²) < 4.78 is 69.0. The average molecular weight is 1560 g/mol. The topological polar surface area (TPSA) is 237 Å². The number of aliphatic hydroxyl groups excluding tert-OH is 1. The minimum absolute atomic E-state index is 0.108. The molecule has 0 aliphatic heterocycles. The van der Waals surface area contributed by atoms with Crippen LogP contribution >= 0.6 is 15.6 Å². The van der Waals surface area contributed by atoms with E-state index in [0.717, 1.165) is 108 Å². The summed E-state index contributed by atoms with van der Waals surface area (Å²) in [7, 11) is -9.93. The lowest BCUT2D eigenvalue weighted by Crippen LogP contribution is -2.30. The van der Waals surface area contributed by atoms with Gasteiger partial charge < -0.3 is 33.8 Å². The Hall–Kier alpha value is -1.94. The van der Waals surface area contributed by atoms with Gasteiger partial charge in [-0.15, -0.1) is 0 Å². The third-order valence-electron chi connectivity index (χ3n) is 21.0. The summed E-state index contributed by atoms with van der Waals surface area (Å²) in [6.07, 6.45) is 69.3. The van der Waals surface area contributed by atoms with E-state index in [9.17, 15) is 43.2 Å². The van der Waals surface area contributed by atoms with Crippen LogP contribution in [0.2, 0.25) is 0 Å². The molecule has 0 aromatic heterocycles. The third-order valence-corrected chi connectivity index (χ3v) is 22.9. The fourth-order valence-electron chi connectivity index (χ4n) is 13.7. The van der Waals surface area contributed by atoms with E-state index >= 15 is 0 Å². The Balaban J connectivity index is 5.25. The molecule has 0 rings (SSSR count). The van der Waals surface area contributed by atoms with Crippen LogP contribution in [0.1, 0.15) is 466 Å². The molecular weight excluding hydrogens is 1390 g/mol. The number of carbonyl (C=O) groups is 4. The van der Waals surface area contributed by atoms with Crippen LogP contribution in [-0.2, 0) is 65.4 Å². The van der Waals surface area contributed by atoms with Crippen LogP contribution in [0.15, 0.2) is 0 Å². The molecule has 0 radical (unpaired) electrons. The highest BCUT2D eigenvalue weighted by Crippen LogP contribution is 2.45. The first kappa shape index (κ1) is 105. The van der Waals surface area contributed by atoms with Gasteiger partial charge in [-0.1, -0.05) is 414 Å². The number of rotatable bonds is 86. The molecule has 6 atom stereocenters. The lowest BCUT2D eigenvalue weighted by Gasteiger charge is -2.21. The van der Waals surface area contributed by atoms with E-state index in [1.165, 1.54) is 276 Å². The summed E-state index contributed by atoms with van der Waals surface area (Å²) in [5.74, 6) is 0.357. The number of phosphoric ester groups is 2. The predicted octanol–water partition coefficient (Wildman–Crippen LogP) is 26.9. The van der Waals surface area contributed by atoms with Crippen molar-refractivity contribution >= 4 is 39.5 Å². The quantitative estimate of drug-likeness (QED) is 0.0222. The second-order valence-electron chi connectivity index (χ2n) is 32.8. The Bertz CT molecular complexity index is 2060. The van der Waals surface area contributed by atoms with E-state index in [2.05, 4.69) is 48.5 Å². The van der Waals surface area contributed by atoms with Crippen molar-refractivity contribution in [3.63, 3.8) is 0 Å². The van der Waals surface area contributed by atoms with Gasteiger partial charge in [0.15, 0.2) is 12.2 Å². The van der Waals surface area contributed by atoms with Gasteiger partial charge in [0.25, 0.3) is 0 Å². The number of aliphatic hydroxyl groups is 1. The van der Waals surface area contributed by atoms with Crippen LogP contribution in [0.5, 0.6) is 0 Å². The van der Waals surface area contributed by atoms with Crippen molar-refractivity contribution < 1.29 is 80.2 Å². The van der Waals surface area contributed by atoms with E-state index in [0.29, 0.717) is 25.7 Å². The first-order valence-corrected chi connectivity index (χ1v) is 48.4. The molecule has 0 fully saturated rings. The maximum Gasteiger partial charge on any atom is 0.472 e. The Morgan fingerprint density at radius 2 is 0.477 bits per heavy atom. The second-order valence-corrected chi connectivity index (χ2v) is 35.7. The number of esters is 4. The monoisotopic (exact) mass is 1560 g/mol. The molecule has 17 nitrogen and oxygen atoms in total. The molecule has 3 N–H and O–H groups in total. The highest BCUT2D eigenvalue weighted by Gasteiger charge is 2.31. The van der Waals surface area contributed by atoms with Gasteiger partial charge in [-0.25, -0.2) is 9.13 Å². The number of phosphoric acid groups is 2. The zero-order chi connectivity index (χ0) is 78.6. The highest BCUT2D eigenvalue weighted by atomic mass is 31.2. The van der Waals surface area contributed by atoms with Gasteiger partial charge >= 0.3 is 39.5 Å². The summed E-state index contributed by atoms with van der Waals surface area (Å²) in [6, 6.07) is 0. The fraction of sp³-hybridized carbons (Fsp3) is 0.955. The Kier molecular flexibility index (Phi) is 76.6. The van der Waals surface area contributed by atoms with Crippen LogP contribution in [0, 0.1) is 17.8 Å². The van der Waals surface area contributed by atoms with Gasteiger partial charge in [0.2, 0.25) is 0 Å². The van der Waals surface area contributed by atoms with E-state index in [1.807, 2.05) is 0 Å². The van der Waals surface area contributed by atoms with E-state index in [-0.39, 0.29) is 25.7 Å². The molecular formula is C88H172O17P2. The van der Waals surface area contributed by atoms with Gasteiger partial charge in [-0.05, 0) is 43.4 Å². The van der Waals surface area contributed by atoms with Crippen LogP contribution in [0.25, 0.3) is 0 Å². The number of unbranched alkanes of at least 4 members (excludes halogenated alkanes) is 53. The summed E-state index contributed by atoms with van der Waals surface area (Å²) in [5.41, 5.74) is 0. The maximum atomic E-state index is 13.2. The zero-order valence-electron chi connectivity index (χ0n) is 70.6. The average Bonchev–Trinajstić information content (AvgIpc) is 0.906. The van der Waals surface area contributed by atoms with Crippen molar-refractivity contribution in [1.29, 1.82) is 0 Å². The molecule has 107 heavy (non-hydrogen) atoms.